The van der Waals surface area contributed by atoms with Crippen molar-refractivity contribution in [1.29, 1.82) is 0 Å². The first-order valence-electron chi connectivity index (χ1n) is 4.88. The molecule has 1 N–H and O–H groups in total. The summed E-state index contributed by atoms with van der Waals surface area (Å²) in [6.45, 7) is 2.11. The lowest BCUT2D eigenvalue weighted by Gasteiger charge is -2.34. The van der Waals surface area contributed by atoms with Crippen LogP contribution in [0.1, 0.15) is 0 Å². The molecule has 1 saturated heterocycles. The fourth-order valence-electron chi connectivity index (χ4n) is 1.67. The molecule has 4 nitrogen and oxygen atoms in total. The maximum absolute atomic E-state index is 9.03. The van der Waals surface area contributed by atoms with Crippen LogP contribution in [-0.2, 0) is 4.74 Å². The average molecular weight is 229 g/mol. The second kappa shape index (κ2) is 4.79. The molecule has 0 aliphatic carbocycles. The number of aliphatic hydroxyl groups excluding tert-OH is 1. The van der Waals surface area contributed by atoms with Gasteiger partial charge in [-0.25, -0.2) is 0 Å². The molecule has 1 fully saturated rings. The summed E-state index contributed by atoms with van der Waals surface area (Å²) in [7, 11) is 0. The Balaban J connectivity index is 2.13. The molecule has 0 spiro atoms. The number of aliphatic hydroxyl groups is 1. The Morgan fingerprint density at radius 1 is 1.67 bits per heavy atom. The van der Waals surface area contributed by atoms with E-state index in [9.17, 15) is 0 Å². The molecule has 1 atom stereocenters. The Morgan fingerprint density at radius 3 is 3.27 bits per heavy atom. The molecular formula is C10H13ClN2O2. The maximum atomic E-state index is 9.03. The summed E-state index contributed by atoms with van der Waals surface area (Å²) in [5.41, 5.74) is 0.952. The zero-order chi connectivity index (χ0) is 10.7. The van der Waals surface area contributed by atoms with Crippen LogP contribution in [0.4, 0.5) is 5.69 Å². The summed E-state index contributed by atoms with van der Waals surface area (Å²) in [6, 6.07) is 1.88. The van der Waals surface area contributed by atoms with Crippen molar-refractivity contribution in [3.63, 3.8) is 0 Å². The number of morpholine rings is 1. The van der Waals surface area contributed by atoms with Gasteiger partial charge >= 0.3 is 0 Å². The predicted molar refractivity (Wildman–Crippen MR) is 58.3 cm³/mol. The van der Waals surface area contributed by atoms with Crippen LogP contribution < -0.4 is 4.90 Å². The van der Waals surface area contributed by atoms with E-state index < -0.39 is 0 Å². The van der Waals surface area contributed by atoms with Crippen LogP contribution in [-0.4, -0.2) is 42.5 Å². The highest BCUT2D eigenvalue weighted by Gasteiger charge is 2.21. The fraction of sp³-hybridized carbons (Fsp3) is 0.500. The highest BCUT2D eigenvalue weighted by Crippen LogP contribution is 2.25. The summed E-state index contributed by atoms with van der Waals surface area (Å²) in [6.07, 6.45) is 3.22. The van der Waals surface area contributed by atoms with Crippen LogP contribution in [0.15, 0.2) is 18.5 Å². The van der Waals surface area contributed by atoms with Gasteiger partial charge in [0.1, 0.15) is 0 Å². The van der Waals surface area contributed by atoms with E-state index in [1.807, 2.05) is 6.07 Å². The Bertz CT molecular complexity index is 335. The average Bonchev–Trinajstić information content (AvgIpc) is 2.30. The zero-order valence-corrected chi connectivity index (χ0v) is 9.02. The highest BCUT2D eigenvalue weighted by atomic mass is 35.5. The van der Waals surface area contributed by atoms with Crippen LogP contribution in [0.2, 0.25) is 5.02 Å². The molecule has 1 aliphatic heterocycles. The van der Waals surface area contributed by atoms with Crippen molar-refractivity contribution >= 4 is 17.3 Å². The van der Waals surface area contributed by atoms with E-state index in [0.29, 0.717) is 18.2 Å². The molecule has 0 saturated carbocycles. The van der Waals surface area contributed by atoms with Gasteiger partial charge in [-0.1, -0.05) is 11.6 Å². The van der Waals surface area contributed by atoms with E-state index >= 15 is 0 Å². The molecule has 0 radical (unpaired) electrons. The van der Waals surface area contributed by atoms with Crippen molar-refractivity contribution in [2.75, 3.05) is 31.2 Å². The Kier molecular flexibility index (Phi) is 3.41. The van der Waals surface area contributed by atoms with Crippen LogP contribution in [0.5, 0.6) is 0 Å². The normalized spacial score (nSPS) is 21.7. The highest BCUT2D eigenvalue weighted by molar-refractivity contribution is 6.33. The first-order valence-corrected chi connectivity index (χ1v) is 5.26. The monoisotopic (exact) mass is 228 g/mol. The van der Waals surface area contributed by atoms with E-state index in [0.717, 1.165) is 12.2 Å². The molecule has 2 heterocycles. The van der Waals surface area contributed by atoms with Crippen LogP contribution in [0.3, 0.4) is 0 Å². The van der Waals surface area contributed by atoms with E-state index in [1.165, 1.54) is 0 Å². The standard InChI is InChI=1S/C10H13ClN2O2/c11-9-5-12-2-1-10(9)13-3-4-15-8(6-13)7-14/h1-2,5,8,14H,3-4,6-7H2. The van der Waals surface area contributed by atoms with E-state index in [2.05, 4.69) is 9.88 Å². The van der Waals surface area contributed by atoms with Crippen LogP contribution >= 0.6 is 11.6 Å². The summed E-state index contributed by atoms with van der Waals surface area (Å²) in [4.78, 5) is 6.05. The molecule has 1 aromatic heterocycles. The largest absolute Gasteiger partial charge is 0.394 e. The molecular weight excluding hydrogens is 216 g/mol. The lowest BCUT2D eigenvalue weighted by Crippen LogP contribution is -2.44. The lowest BCUT2D eigenvalue weighted by molar-refractivity contribution is 0.00357. The summed E-state index contributed by atoms with van der Waals surface area (Å²) < 4.78 is 5.37. The van der Waals surface area contributed by atoms with E-state index in [1.54, 1.807) is 12.4 Å². The quantitative estimate of drug-likeness (QED) is 0.818. The molecule has 1 unspecified atom stereocenters. The third-order valence-corrected chi connectivity index (χ3v) is 2.73. The Morgan fingerprint density at radius 2 is 2.53 bits per heavy atom. The smallest absolute Gasteiger partial charge is 0.0980 e. The minimum atomic E-state index is -0.122. The van der Waals surface area contributed by atoms with Gasteiger partial charge < -0.3 is 14.7 Å². The van der Waals surface area contributed by atoms with Gasteiger partial charge in [0.2, 0.25) is 0 Å². The molecule has 82 valence electrons. The number of ether oxygens (including phenoxy) is 1. The molecule has 5 heteroatoms. The van der Waals surface area contributed by atoms with Crippen molar-refractivity contribution in [1.82, 2.24) is 4.98 Å². The third kappa shape index (κ3) is 2.40. The molecule has 1 aliphatic rings. The lowest BCUT2D eigenvalue weighted by atomic mass is 10.2. The molecule has 0 bridgehead atoms. The first-order chi connectivity index (χ1) is 7.31. The van der Waals surface area contributed by atoms with Gasteiger partial charge in [0.05, 0.1) is 30.0 Å². The second-order valence-corrected chi connectivity index (χ2v) is 3.86. The number of halogens is 1. The van der Waals surface area contributed by atoms with Crippen LogP contribution in [0, 0.1) is 0 Å². The number of rotatable bonds is 2. The van der Waals surface area contributed by atoms with Gasteiger partial charge in [0, 0.05) is 25.5 Å². The van der Waals surface area contributed by atoms with Gasteiger partial charge in [0.25, 0.3) is 0 Å². The molecule has 15 heavy (non-hydrogen) atoms. The fourth-order valence-corrected chi connectivity index (χ4v) is 1.91. The van der Waals surface area contributed by atoms with Crippen molar-refractivity contribution in [3.8, 4) is 0 Å². The summed E-state index contributed by atoms with van der Waals surface area (Å²) in [5.74, 6) is 0. The number of aromatic nitrogens is 1. The number of hydrogen-bond donors (Lipinski definition) is 1. The first kappa shape index (κ1) is 10.7. The number of hydrogen-bond acceptors (Lipinski definition) is 4. The number of pyridine rings is 1. The van der Waals surface area contributed by atoms with Crippen molar-refractivity contribution in [2.45, 2.75) is 6.10 Å². The molecule has 1 aromatic rings. The zero-order valence-electron chi connectivity index (χ0n) is 8.27. The minimum absolute atomic E-state index is 0.0409. The van der Waals surface area contributed by atoms with E-state index in [4.69, 9.17) is 21.4 Å². The molecule has 0 aromatic carbocycles. The third-order valence-electron chi connectivity index (χ3n) is 2.43. The Hall–Kier alpha value is -0.840. The predicted octanol–water partition coefficient (Wildman–Crippen LogP) is 0.932. The molecule has 2 rings (SSSR count). The van der Waals surface area contributed by atoms with Crippen molar-refractivity contribution < 1.29 is 9.84 Å². The van der Waals surface area contributed by atoms with E-state index in [-0.39, 0.29) is 12.7 Å². The van der Waals surface area contributed by atoms with Crippen molar-refractivity contribution in [3.05, 3.63) is 23.5 Å². The number of nitrogens with zero attached hydrogens (tertiary/aromatic N) is 2. The second-order valence-electron chi connectivity index (χ2n) is 3.45. The Labute approximate surface area is 93.4 Å². The van der Waals surface area contributed by atoms with Crippen LogP contribution in [0.25, 0.3) is 0 Å². The minimum Gasteiger partial charge on any atom is -0.394 e. The molecule has 0 amide bonds. The van der Waals surface area contributed by atoms with Gasteiger partial charge in [-0.15, -0.1) is 0 Å². The maximum Gasteiger partial charge on any atom is 0.0980 e. The van der Waals surface area contributed by atoms with Gasteiger partial charge in [-0.3, -0.25) is 4.98 Å². The van der Waals surface area contributed by atoms with Gasteiger partial charge in [-0.2, -0.15) is 0 Å². The summed E-state index contributed by atoms with van der Waals surface area (Å²) >= 11 is 6.04. The number of anilines is 1. The van der Waals surface area contributed by atoms with Gasteiger partial charge in [-0.05, 0) is 6.07 Å². The van der Waals surface area contributed by atoms with Crippen molar-refractivity contribution in [2.24, 2.45) is 0 Å². The topological polar surface area (TPSA) is 45.6 Å². The SMILES string of the molecule is OCC1CN(c2ccncc2Cl)CCO1. The van der Waals surface area contributed by atoms with Gasteiger partial charge in [0.15, 0.2) is 0 Å². The summed E-state index contributed by atoms with van der Waals surface area (Å²) in [5, 5.41) is 9.66.